The van der Waals surface area contributed by atoms with Crippen molar-refractivity contribution >= 4 is 51.7 Å². The summed E-state index contributed by atoms with van der Waals surface area (Å²) in [6.07, 6.45) is 8.22. The van der Waals surface area contributed by atoms with Crippen molar-refractivity contribution in [3.05, 3.63) is 22.2 Å². The maximum Gasteiger partial charge on any atom is 0.230 e. The molecule has 0 atom stereocenters. The van der Waals surface area contributed by atoms with Gasteiger partial charge >= 0.3 is 0 Å². The summed E-state index contributed by atoms with van der Waals surface area (Å²) in [7, 11) is 0. The summed E-state index contributed by atoms with van der Waals surface area (Å²) in [6, 6.07) is 3.34. The van der Waals surface area contributed by atoms with E-state index in [1.807, 2.05) is 20.8 Å². The van der Waals surface area contributed by atoms with Gasteiger partial charge < -0.3 is 5.32 Å². The first-order chi connectivity index (χ1) is 13.1. The minimum atomic E-state index is -0.496. The lowest BCUT2D eigenvalue weighted by Crippen LogP contribution is -2.38. The van der Waals surface area contributed by atoms with Crippen molar-refractivity contribution in [2.24, 2.45) is 10.8 Å². The predicted molar refractivity (Wildman–Crippen MR) is 120 cm³/mol. The Hall–Kier alpha value is -0.710. The van der Waals surface area contributed by atoms with Gasteiger partial charge in [-0.15, -0.1) is 0 Å². The van der Waals surface area contributed by atoms with Crippen LogP contribution >= 0.6 is 35.0 Å². The highest BCUT2D eigenvalue weighted by molar-refractivity contribution is 8.13. The van der Waals surface area contributed by atoms with Crippen LogP contribution in [-0.2, 0) is 9.59 Å². The van der Waals surface area contributed by atoms with Gasteiger partial charge in [-0.25, -0.2) is 0 Å². The monoisotopic (exact) mass is 443 g/mol. The normalized spacial score (nSPS) is 16.6. The molecule has 1 N–H and O–H groups in total. The van der Waals surface area contributed by atoms with E-state index in [1.165, 1.54) is 6.42 Å². The molecule has 1 aromatic carbocycles. The number of thioether (sulfide) groups is 1. The number of carbonyl (C=O) groups excluding carboxylic acids is 2. The summed E-state index contributed by atoms with van der Waals surface area (Å²) >= 11 is 13.5. The smallest absolute Gasteiger partial charge is 0.230 e. The van der Waals surface area contributed by atoms with E-state index < -0.39 is 5.41 Å². The summed E-state index contributed by atoms with van der Waals surface area (Å²) in [4.78, 5) is 26.5. The number of benzene rings is 1. The number of halogens is 2. The van der Waals surface area contributed by atoms with Gasteiger partial charge in [-0.1, -0.05) is 83.0 Å². The van der Waals surface area contributed by atoms with Gasteiger partial charge in [0.15, 0.2) is 5.12 Å². The van der Waals surface area contributed by atoms with Gasteiger partial charge in [0.05, 0.1) is 15.7 Å². The van der Waals surface area contributed by atoms with Gasteiger partial charge in [-0.2, -0.15) is 0 Å². The Kier molecular flexibility index (Phi) is 8.30. The molecule has 1 saturated carbocycles. The lowest BCUT2D eigenvalue weighted by atomic mass is 9.70. The summed E-state index contributed by atoms with van der Waals surface area (Å²) < 4.78 is 0. The number of hydrogen-bond acceptors (Lipinski definition) is 3. The largest absolute Gasteiger partial charge is 0.325 e. The summed E-state index contributed by atoms with van der Waals surface area (Å²) in [6.45, 7) is 7.78. The van der Waals surface area contributed by atoms with Gasteiger partial charge in [0.25, 0.3) is 0 Å². The van der Waals surface area contributed by atoms with Crippen molar-refractivity contribution < 1.29 is 9.59 Å². The first kappa shape index (κ1) is 23.6. The van der Waals surface area contributed by atoms with Crippen LogP contribution in [0.2, 0.25) is 10.0 Å². The second kappa shape index (κ2) is 9.86. The Balaban J connectivity index is 2.31. The lowest BCUT2D eigenvalue weighted by Gasteiger charge is -2.36. The maximum atomic E-state index is 13.3. The quantitative estimate of drug-likeness (QED) is 0.457. The molecular formula is C22H31Cl2NO2S. The molecule has 0 heterocycles. The minimum absolute atomic E-state index is 0.0137. The molecule has 2 rings (SSSR count). The zero-order valence-corrected chi connectivity index (χ0v) is 19.6. The van der Waals surface area contributed by atoms with Crippen molar-refractivity contribution in [1.82, 2.24) is 0 Å². The van der Waals surface area contributed by atoms with Crippen LogP contribution < -0.4 is 5.32 Å². The molecule has 28 heavy (non-hydrogen) atoms. The van der Waals surface area contributed by atoms with E-state index >= 15 is 0 Å². The van der Waals surface area contributed by atoms with Gasteiger partial charge in [-0.05, 0) is 43.2 Å². The number of carbonyl (C=O) groups is 2. The molecule has 1 fully saturated rings. The van der Waals surface area contributed by atoms with Crippen molar-refractivity contribution in [2.75, 3.05) is 5.32 Å². The molecule has 0 unspecified atom stereocenters. The predicted octanol–water partition coefficient (Wildman–Crippen LogP) is 7.74. The molecule has 0 saturated heterocycles. The minimum Gasteiger partial charge on any atom is -0.325 e. The van der Waals surface area contributed by atoms with E-state index in [2.05, 4.69) is 12.2 Å². The van der Waals surface area contributed by atoms with Crippen LogP contribution in [0.5, 0.6) is 0 Å². The second-order valence-electron chi connectivity index (χ2n) is 8.80. The average molecular weight is 444 g/mol. The highest BCUT2D eigenvalue weighted by Crippen LogP contribution is 2.43. The van der Waals surface area contributed by atoms with Crippen molar-refractivity contribution in [2.45, 2.75) is 84.0 Å². The van der Waals surface area contributed by atoms with E-state index in [0.29, 0.717) is 20.6 Å². The number of amides is 1. The zero-order chi connectivity index (χ0) is 20.9. The van der Waals surface area contributed by atoms with E-state index in [1.54, 1.807) is 12.1 Å². The molecule has 1 amide bonds. The SMILES string of the molecule is CCCCC1(C(=O)Nc2cc(Cl)c(Cl)cc2SC(=O)C(C)(C)C)CCCCC1. The van der Waals surface area contributed by atoms with Crippen molar-refractivity contribution in [1.29, 1.82) is 0 Å². The fourth-order valence-electron chi connectivity index (χ4n) is 3.55. The molecule has 6 heteroatoms. The number of unbranched alkanes of at least 4 members (excludes halogenated alkanes) is 1. The van der Waals surface area contributed by atoms with Crippen LogP contribution in [0, 0.1) is 10.8 Å². The topological polar surface area (TPSA) is 46.2 Å². The van der Waals surface area contributed by atoms with Crippen molar-refractivity contribution in [3.63, 3.8) is 0 Å². The molecule has 0 aromatic heterocycles. The average Bonchev–Trinajstić information content (AvgIpc) is 2.64. The molecule has 156 valence electrons. The standard InChI is InChI=1S/C22H31Cl2NO2S/c1-5-6-10-22(11-8-7-9-12-22)19(26)25-17-13-15(23)16(24)14-18(17)28-20(27)21(2,3)4/h13-14H,5-12H2,1-4H3,(H,25,26). The van der Waals surface area contributed by atoms with Crippen LogP contribution in [0.25, 0.3) is 0 Å². The third kappa shape index (κ3) is 5.90. The zero-order valence-electron chi connectivity index (χ0n) is 17.3. The first-order valence-electron chi connectivity index (χ1n) is 10.1. The first-order valence-corrected chi connectivity index (χ1v) is 11.7. The Bertz CT molecular complexity index is 722. The number of hydrogen-bond donors (Lipinski definition) is 1. The third-order valence-corrected chi connectivity index (χ3v) is 7.46. The molecule has 1 aliphatic carbocycles. The Morgan fingerprint density at radius 2 is 1.71 bits per heavy atom. The number of anilines is 1. The van der Waals surface area contributed by atoms with E-state index in [-0.39, 0.29) is 16.4 Å². The van der Waals surface area contributed by atoms with Gasteiger partial charge in [0.2, 0.25) is 5.91 Å². The highest BCUT2D eigenvalue weighted by Gasteiger charge is 2.39. The number of rotatable bonds is 6. The third-order valence-electron chi connectivity index (χ3n) is 5.39. The Morgan fingerprint density at radius 1 is 1.11 bits per heavy atom. The molecular weight excluding hydrogens is 413 g/mol. The molecule has 0 bridgehead atoms. The molecule has 3 nitrogen and oxygen atoms in total. The van der Waals surface area contributed by atoms with Gasteiger partial charge in [-0.3, -0.25) is 9.59 Å². The molecule has 1 aromatic rings. The van der Waals surface area contributed by atoms with Crippen LogP contribution in [0.1, 0.15) is 79.1 Å². The van der Waals surface area contributed by atoms with Crippen LogP contribution in [0.15, 0.2) is 17.0 Å². The van der Waals surface area contributed by atoms with Gasteiger partial charge in [0.1, 0.15) is 0 Å². The van der Waals surface area contributed by atoms with Crippen LogP contribution in [-0.4, -0.2) is 11.0 Å². The van der Waals surface area contributed by atoms with Crippen LogP contribution in [0.4, 0.5) is 5.69 Å². The summed E-state index contributed by atoms with van der Waals surface area (Å²) in [5, 5.41) is 3.86. The molecule has 0 aliphatic heterocycles. The van der Waals surface area contributed by atoms with E-state index in [4.69, 9.17) is 23.2 Å². The Labute approximate surface area is 183 Å². The Morgan fingerprint density at radius 3 is 2.29 bits per heavy atom. The summed E-state index contributed by atoms with van der Waals surface area (Å²) in [5.74, 6) is 0.0455. The molecule has 0 spiro atoms. The van der Waals surface area contributed by atoms with Crippen LogP contribution in [0.3, 0.4) is 0 Å². The number of nitrogens with one attached hydrogen (secondary N) is 1. The van der Waals surface area contributed by atoms with Gasteiger partial charge in [0, 0.05) is 15.7 Å². The fraction of sp³-hybridized carbons (Fsp3) is 0.636. The second-order valence-corrected chi connectivity index (χ2v) is 10.6. The fourth-order valence-corrected chi connectivity index (χ4v) is 4.85. The summed E-state index contributed by atoms with van der Waals surface area (Å²) in [5.41, 5.74) is -0.247. The molecule has 0 radical (unpaired) electrons. The molecule has 1 aliphatic rings. The maximum absolute atomic E-state index is 13.3. The lowest BCUT2D eigenvalue weighted by molar-refractivity contribution is -0.128. The van der Waals surface area contributed by atoms with E-state index in [0.717, 1.165) is 56.7 Å². The van der Waals surface area contributed by atoms with E-state index in [9.17, 15) is 9.59 Å². The highest BCUT2D eigenvalue weighted by atomic mass is 35.5. The van der Waals surface area contributed by atoms with Crippen molar-refractivity contribution in [3.8, 4) is 0 Å².